The van der Waals surface area contributed by atoms with Crippen LogP contribution in [-0.2, 0) is 14.8 Å². The van der Waals surface area contributed by atoms with Gasteiger partial charge in [0.1, 0.15) is 6.54 Å². The van der Waals surface area contributed by atoms with Crippen molar-refractivity contribution >= 4 is 37.5 Å². The predicted molar refractivity (Wildman–Crippen MR) is 117 cm³/mol. The van der Waals surface area contributed by atoms with Crippen LogP contribution in [0.15, 0.2) is 64.0 Å². The van der Waals surface area contributed by atoms with Crippen molar-refractivity contribution in [2.45, 2.75) is 38.6 Å². The molecule has 0 fully saturated rings. The molecule has 0 aromatic heterocycles. The molecule has 2 rings (SSSR count). The Morgan fingerprint density at radius 1 is 0.964 bits per heavy atom. The van der Waals surface area contributed by atoms with E-state index in [0.29, 0.717) is 5.69 Å². The molecule has 152 valence electrons. The van der Waals surface area contributed by atoms with Crippen molar-refractivity contribution in [2.24, 2.45) is 11.8 Å². The van der Waals surface area contributed by atoms with Gasteiger partial charge >= 0.3 is 0 Å². The van der Waals surface area contributed by atoms with E-state index >= 15 is 0 Å². The third kappa shape index (κ3) is 5.58. The van der Waals surface area contributed by atoms with E-state index in [1.807, 2.05) is 27.7 Å². The molecule has 2 aromatic rings. The van der Waals surface area contributed by atoms with Crippen molar-refractivity contribution in [1.82, 2.24) is 5.32 Å². The molecule has 0 radical (unpaired) electrons. The van der Waals surface area contributed by atoms with Gasteiger partial charge in [-0.15, -0.1) is 0 Å². The van der Waals surface area contributed by atoms with E-state index in [0.717, 1.165) is 8.78 Å². The van der Waals surface area contributed by atoms with Gasteiger partial charge in [-0.1, -0.05) is 61.8 Å². The van der Waals surface area contributed by atoms with E-state index in [4.69, 9.17) is 0 Å². The van der Waals surface area contributed by atoms with E-state index in [1.54, 1.807) is 42.5 Å². The molecule has 1 amide bonds. The van der Waals surface area contributed by atoms with Crippen molar-refractivity contribution in [3.8, 4) is 0 Å². The predicted octanol–water partition coefficient (Wildman–Crippen LogP) is 4.44. The monoisotopic (exact) mass is 466 g/mol. The van der Waals surface area contributed by atoms with Crippen molar-refractivity contribution in [2.75, 3.05) is 10.8 Å². The molecule has 5 nitrogen and oxygen atoms in total. The molecule has 0 saturated heterocycles. The summed E-state index contributed by atoms with van der Waals surface area (Å²) >= 11 is 3.36. The van der Waals surface area contributed by atoms with Gasteiger partial charge in [0.15, 0.2) is 0 Å². The first-order valence-corrected chi connectivity index (χ1v) is 11.5. The lowest BCUT2D eigenvalue weighted by atomic mass is 9.93. The van der Waals surface area contributed by atoms with E-state index in [1.165, 1.54) is 12.1 Å². The first kappa shape index (κ1) is 22.4. The maximum Gasteiger partial charge on any atom is 0.264 e. The third-order valence-corrected chi connectivity index (χ3v) is 6.81. The number of benzene rings is 2. The van der Waals surface area contributed by atoms with Crippen LogP contribution >= 0.6 is 15.9 Å². The average molecular weight is 467 g/mol. The number of halogens is 1. The summed E-state index contributed by atoms with van der Waals surface area (Å²) in [6.45, 7) is 7.88. The molecule has 0 spiro atoms. The normalized spacial score (nSPS) is 11.9. The number of carbonyl (C=O) groups is 1. The number of anilines is 1. The summed E-state index contributed by atoms with van der Waals surface area (Å²) in [7, 11) is -3.88. The number of rotatable bonds is 8. The Labute approximate surface area is 176 Å². The van der Waals surface area contributed by atoms with Crippen molar-refractivity contribution in [3.05, 3.63) is 59.1 Å². The zero-order valence-corrected chi connectivity index (χ0v) is 19.0. The summed E-state index contributed by atoms with van der Waals surface area (Å²) in [6, 6.07) is 15.0. The number of hydrogen-bond donors (Lipinski definition) is 1. The molecule has 0 aliphatic rings. The quantitative estimate of drug-likeness (QED) is 0.624. The highest BCUT2D eigenvalue weighted by molar-refractivity contribution is 9.10. The molecule has 0 bridgehead atoms. The summed E-state index contributed by atoms with van der Waals surface area (Å²) in [5, 5.41) is 3.00. The minimum absolute atomic E-state index is 0.0290. The Morgan fingerprint density at radius 2 is 1.50 bits per heavy atom. The molecule has 2 aromatic carbocycles. The fourth-order valence-electron chi connectivity index (χ4n) is 3.11. The van der Waals surface area contributed by atoms with Gasteiger partial charge in [-0.05, 0) is 48.2 Å². The van der Waals surface area contributed by atoms with Crippen LogP contribution in [0.4, 0.5) is 5.69 Å². The molecule has 0 unspecified atom stereocenters. The number of nitrogens with one attached hydrogen (secondary N) is 1. The molecule has 0 aliphatic carbocycles. The van der Waals surface area contributed by atoms with Gasteiger partial charge in [-0.25, -0.2) is 8.42 Å². The molecule has 0 aliphatic heterocycles. The second kappa shape index (κ2) is 9.56. The van der Waals surface area contributed by atoms with Crippen LogP contribution in [0.3, 0.4) is 0 Å². The summed E-state index contributed by atoms with van der Waals surface area (Å²) < 4.78 is 28.5. The fourth-order valence-corrected chi connectivity index (χ4v) is 4.81. The second-order valence-corrected chi connectivity index (χ2v) is 10.2. The highest BCUT2D eigenvalue weighted by Crippen LogP contribution is 2.25. The molecular weight excluding hydrogens is 440 g/mol. The fraction of sp³-hybridized carbons (Fsp3) is 0.381. The minimum atomic E-state index is -3.88. The third-order valence-electron chi connectivity index (χ3n) is 4.50. The standard InChI is InChI=1S/C21H27BrN2O3S/c1-15(2)21(16(3)4)23-20(25)14-24(18-12-10-17(22)11-13-18)28(26,27)19-8-6-5-7-9-19/h5-13,15-16,21H,14H2,1-4H3,(H,23,25). The topological polar surface area (TPSA) is 66.5 Å². The second-order valence-electron chi connectivity index (χ2n) is 7.38. The molecular formula is C21H27BrN2O3S. The average Bonchev–Trinajstić information content (AvgIpc) is 2.65. The van der Waals surface area contributed by atoms with Crippen LogP contribution in [0.5, 0.6) is 0 Å². The SMILES string of the molecule is CC(C)C(NC(=O)CN(c1ccc(Br)cc1)S(=O)(=O)c1ccccc1)C(C)C. The molecule has 7 heteroatoms. The molecule has 0 heterocycles. The maximum absolute atomic E-state index is 13.2. The van der Waals surface area contributed by atoms with E-state index in [-0.39, 0.29) is 35.2 Å². The lowest BCUT2D eigenvalue weighted by Crippen LogP contribution is -2.47. The van der Waals surface area contributed by atoms with Gasteiger partial charge in [0.2, 0.25) is 5.91 Å². The Balaban J connectivity index is 2.37. The lowest BCUT2D eigenvalue weighted by Gasteiger charge is -2.29. The first-order valence-electron chi connectivity index (χ1n) is 9.25. The van der Waals surface area contributed by atoms with Gasteiger partial charge in [-0.2, -0.15) is 0 Å². The Morgan fingerprint density at radius 3 is 2.00 bits per heavy atom. The Bertz CT molecular complexity index is 874. The molecule has 28 heavy (non-hydrogen) atoms. The molecule has 0 saturated carbocycles. The van der Waals surface area contributed by atoms with Crippen LogP contribution in [-0.4, -0.2) is 26.9 Å². The number of amides is 1. The van der Waals surface area contributed by atoms with Crippen LogP contribution in [0.25, 0.3) is 0 Å². The van der Waals surface area contributed by atoms with Crippen molar-refractivity contribution in [1.29, 1.82) is 0 Å². The van der Waals surface area contributed by atoms with Crippen LogP contribution < -0.4 is 9.62 Å². The number of hydrogen-bond acceptors (Lipinski definition) is 3. The Kier molecular flexibility index (Phi) is 7.66. The zero-order chi connectivity index (χ0) is 20.9. The smallest absolute Gasteiger partial charge is 0.264 e. The summed E-state index contributed by atoms with van der Waals surface area (Å²) in [6.07, 6.45) is 0. The van der Waals surface area contributed by atoms with E-state index in [2.05, 4.69) is 21.2 Å². The minimum Gasteiger partial charge on any atom is -0.351 e. The van der Waals surface area contributed by atoms with Gasteiger partial charge in [0.05, 0.1) is 10.6 Å². The Hall–Kier alpha value is -1.86. The van der Waals surface area contributed by atoms with Crippen molar-refractivity contribution in [3.63, 3.8) is 0 Å². The summed E-state index contributed by atoms with van der Waals surface area (Å²) in [5.74, 6) is 0.168. The zero-order valence-electron chi connectivity index (χ0n) is 16.6. The number of nitrogens with zero attached hydrogens (tertiary/aromatic N) is 1. The summed E-state index contributed by atoms with van der Waals surface area (Å²) in [5.41, 5.74) is 0.438. The van der Waals surface area contributed by atoms with Crippen LogP contribution in [0.1, 0.15) is 27.7 Å². The number of carbonyl (C=O) groups excluding carboxylic acids is 1. The largest absolute Gasteiger partial charge is 0.351 e. The number of sulfonamides is 1. The van der Waals surface area contributed by atoms with E-state index < -0.39 is 10.0 Å². The highest BCUT2D eigenvalue weighted by atomic mass is 79.9. The van der Waals surface area contributed by atoms with Gasteiger partial charge in [0, 0.05) is 10.5 Å². The van der Waals surface area contributed by atoms with Crippen LogP contribution in [0, 0.1) is 11.8 Å². The van der Waals surface area contributed by atoms with Crippen LogP contribution in [0.2, 0.25) is 0 Å². The van der Waals surface area contributed by atoms with E-state index in [9.17, 15) is 13.2 Å². The maximum atomic E-state index is 13.2. The summed E-state index contributed by atoms with van der Waals surface area (Å²) in [4.78, 5) is 12.9. The van der Waals surface area contributed by atoms with Gasteiger partial charge in [-0.3, -0.25) is 9.10 Å². The molecule has 1 N–H and O–H groups in total. The first-order chi connectivity index (χ1) is 13.1. The lowest BCUT2D eigenvalue weighted by molar-refractivity contribution is -0.121. The van der Waals surface area contributed by atoms with Gasteiger partial charge in [0.25, 0.3) is 10.0 Å². The highest BCUT2D eigenvalue weighted by Gasteiger charge is 2.28. The van der Waals surface area contributed by atoms with Gasteiger partial charge < -0.3 is 5.32 Å². The molecule has 0 atom stereocenters. The van der Waals surface area contributed by atoms with Crippen molar-refractivity contribution < 1.29 is 13.2 Å².